The third kappa shape index (κ3) is 1.95. The molecule has 1 saturated heterocycles. The topological polar surface area (TPSA) is 42.2 Å². The molecular weight excluding hydrogens is 190 g/mol. The van der Waals surface area contributed by atoms with Gasteiger partial charge < -0.3 is 9.47 Å². The number of ether oxygens (including phenoxy) is 2. The maximum atomic E-state index is 8.94. The molecular formula is C12H13NO2. The molecule has 1 aliphatic heterocycles. The van der Waals surface area contributed by atoms with Gasteiger partial charge in [0.05, 0.1) is 25.2 Å². The third-order valence-corrected chi connectivity index (χ3v) is 2.70. The molecule has 78 valence electrons. The predicted octanol–water partition coefficient (Wildman–Crippen LogP) is 2.30. The van der Waals surface area contributed by atoms with Gasteiger partial charge in [-0.2, -0.15) is 5.26 Å². The lowest BCUT2D eigenvalue weighted by molar-refractivity contribution is 0.101. The fourth-order valence-electron chi connectivity index (χ4n) is 1.84. The largest absolute Gasteiger partial charge is 0.497 e. The molecule has 1 aliphatic rings. The summed E-state index contributed by atoms with van der Waals surface area (Å²) in [6.45, 7) is 0.676. The van der Waals surface area contributed by atoms with Crippen LogP contribution in [-0.2, 0) is 4.74 Å². The van der Waals surface area contributed by atoms with Gasteiger partial charge in [-0.25, -0.2) is 0 Å². The first kappa shape index (κ1) is 10.0. The van der Waals surface area contributed by atoms with Crippen LogP contribution in [0.2, 0.25) is 0 Å². The van der Waals surface area contributed by atoms with Gasteiger partial charge in [0.2, 0.25) is 0 Å². The van der Waals surface area contributed by atoms with Crippen molar-refractivity contribution in [1.82, 2.24) is 0 Å². The monoisotopic (exact) mass is 203 g/mol. The zero-order valence-electron chi connectivity index (χ0n) is 8.64. The van der Waals surface area contributed by atoms with Gasteiger partial charge in [0, 0.05) is 6.61 Å². The molecule has 1 heterocycles. The number of benzene rings is 1. The fraction of sp³-hybridized carbons (Fsp3) is 0.417. The van der Waals surface area contributed by atoms with Crippen LogP contribution < -0.4 is 4.74 Å². The molecule has 1 aromatic carbocycles. The van der Waals surface area contributed by atoms with E-state index in [1.54, 1.807) is 7.11 Å². The van der Waals surface area contributed by atoms with Crippen LogP contribution in [0.3, 0.4) is 0 Å². The van der Waals surface area contributed by atoms with E-state index in [0.717, 1.165) is 17.7 Å². The van der Waals surface area contributed by atoms with Gasteiger partial charge in [-0.15, -0.1) is 0 Å². The van der Waals surface area contributed by atoms with Gasteiger partial charge in [-0.1, -0.05) is 12.1 Å². The van der Waals surface area contributed by atoms with E-state index >= 15 is 0 Å². The molecule has 15 heavy (non-hydrogen) atoms. The Morgan fingerprint density at radius 3 is 2.73 bits per heavy atom. The van der Waals surface area contributed by atoms with Gasteiger partial charge >= 0.3 is 0 Å². The molecule has 3 heteroatoms. The summed E-state index contributed by atoms with van der Waals surface area (Å²) in [7, 11) is 1.64. The maximum absolute atomic E-state index is 8.94. The van der Waals surface area contributed by atoms with Crippen molar-refractivity contribution in [3.05, 3.63) is 29.8 Å². The second kappa shape index (κ2) is 4.33. The second-order valence-corrected chi connectivity index (χ2v) is 3.59. The lowest BCUT2D eigenvalue weighted by atomic mass is 9.97. The van der Waals surface area contributed by atoms with Crippen LogP contribution in [0.25, 0.3) is 0 Å². The molecule has 0 amide bonds. The number of methoxy groups -OCH3 is 1. The highest BCUT2D eigenvalue weighted by atomic mass is 16.5. The van der Waals surface area contributed by atoms with Crippen molar-refractivity contribution in [2.24, 2.45) is 5.92 Å². The Labute approximate surface area is 89.2 Å². The number of hydrogen-bond acceptors (Lipinski definition) is 3. The quantitative estimate of drug-likeness (QED) is 0.740. The molecule has 0 bridgehead atoms. The molecule has 2 atom stereocenters. The van der Waals surface area contributed by atoms with Crippen molar-refractivity contribution in [3.8, 4) is 11.8 Å². The standard InChI is InChI=1S/C12H13NO2/c1-14-11-4-2-9(3-5-11)12-10(8-13)6-7-15-12/h2-5,10,12H,6-7H2,1H3/t10-,12-/m0/s1. The minimum atomic E-state index is -0.0686. The van der Waals surface area contributed by atoms with Gasteiger partial charge in [0.25, 0.3) is 0 Å². The molecule has 1 aromatic rings. The van der Waals surface area contributed by atoms with Crippen molar-refractivity contribution in [2.45, 2.75) is 12.5 Å². The van der Waals surface area contributed by atoms with E-state index in [0.29, 0.717) is 6.61 Å². The minimum absolute atomic E-state index is 0.0154. The van der Waals surface area contributed by atoms with Crippen LogP contribution in [0, 0.1) is 17.2 Å². The molecule has 0 unspecified atom stereocenters. The normalized spacial score (nSPS) is 24.8. The molecule has 0 N–H and O–H groups in total. The van der Waals surface area contributed by atoms with E-state index in [1.165, 1.54) is 0 Å². The Morgan fingerprint density at radius 1 is 1.40 bits per heavy atom. The Bertz CT molecular complexity index is 366. The van der Waals surface area contributed by atoms with Crippen molar-refractivity contribution in [2.75, 3.05) is 13.7 Å². The summed E-state index contributed by atoms with van der Waals surface area (Å²) < 4.78 is 10.6. The van der Waals surface area contributed by atoms with Crippen molar-refractivity contribution in [1.29, 1.82) is 5.26 Å². The first-order chi connectivity index (χ1) is 7.35. The van der Waals surface area contributed by atoms with Crippen molar-refractivity contribution in [3.63, 3.8) is 0 Å². The molecule has 0 radical (unpaired) electrons. The highest BCUT2D eigenvalue weighted by molar-refractivity contribution is 5.29. The van der Waals surface area contributed by atoms with E-state index < -0.39 is 0 Å². The summed E-state index contributed by atoms with van der Waals surface area (Å²) in [6.07, 6.45) is 0.758. The summed E-state index contributed by atoms with van der Waals surface area (Å²) in [5, 5.41) is 8.94. The lowest BCUT2D eigenvalue weighted by Gasteiger charge is -2.13. The maximum Gasteiger partial charge on any atom is 0.118 e. The van der Waals surface area contributed by atoms with E-state index in [4.69, 9.17) is 14.7 Å². The van der Waals surface area contributed by atoms with Gasteiger partial charge in [0.1, 0.15) is 5.75 Å². The highest BCUT2D eigenvalue weighted by Gasteiger charge is 2.29. The summed E-state index contributed by atoms with van der Waals surface area (Å²) in [6, 6.07) is 9.99. The van der Waals surface area contributed by atoms with Crippen LogP contribution in [0.5, 0.6) is 5.75 Å². The summed E-state index contributed by atoms with van der Waals surface area (Å²) in [5.74, 6) is 0.809. The predicted molar refractivity (Wildman–Crippen MR) is 55.4 cm³/mol. The zero-order valence-corrected chi connectivity index (χ0v) is 8.64. The molecule has 0 spiro atoms. The smallest absolute Gasteiger partial charge is 0.118 e. The van der Waals surface area contributed by atoms with E-state index in [-0.39, 0.29) is 12.0 Å². The molecule has 2 rings (SSSR count). The van der Waals surface area contributed by atoms with Crippen LogP contribution >= 0.6 is 0 Å². The number of rotatable bonds is 2. The van der Waals surface area contributed by atoms with Gasteiger partial charge in [-0.3, -0.25) is 0 Å². The van der Waals surface area contributed by atoms with Crippen LogP contribution in [0.1, 0.15) is 18.1 Å². The summed E-state index contributed by atoms with van der Waals surface area (Å²) >= 11 is 0. The average molecular weight is 203 g/mol. The van der Waals surface area contributed by atoms with E-state index in [9.17, 15) is 0 Å². The third-order valence-electron chi connectivity index (χ3n) is 2.70. The van der Waals surface area contributed by atoms with Gasteiger partial charge in [-0.05, 0) is 24.1 Å². The lowest BCUT2D eigenvalue weighted by Crippen LogP contribution is -2.05. The summed E-state index contributed by atoms with van der Waals surface area (Å²) in [5.41, 5.74) is 1.06. The van der Waals surface area contributed by atoms with Crippen molar-refractivity contribution < 1.29 is 9.47 Å². The highest BCUT2D eigenvalue weighted by Crippen LogP contribution is 2.34. The fourth-order valence-corrected chi connectivity index (χ4v) is 1.84. The first-order valence-corrected chi connectivity index (χ1v) is 5.00. The summed E-state index contributed by atoms with van der Waals surface area (Å²) in [4.78, 5) is 0. The molecule has 3 nitrogen and oxygen atoms in total. The Balaban J connectivity index is 2.19. The molecule has 1 fully saturated rings. The molecule has 0 saturated carbocycles. The Hall–Kier alpha value is -1.53. The Kier molecular flexibility index (Phi) is 2.89. The van der Waals surface area contributed by atoms with Crippen LogP contribution in [0.15, 0.2) is 24.3 Å². The Morgan fingerprint density at radius 2 is 2.13 bits per heavy atom. The van der Waals surface area contributed by atoms with Crippen molar-refractivity contribution >= 4 is 0 Å². The van der Waals surface area contributed by atoms with E-state index in [2.05, 4.69) is 6.07 Å². The zero-order chi connectivity index (χ0) is 10.7. The number of hydrogen-bond donors (Lipinski definition) is 0. The molecule has 0 aliphatic carbocycles. The second-order valence-electron chi connectivity index (χ2n) is 3.59. The van der Waals surface area contributed by atoms with E-state index in [1.807, 2.05) is 24.3 Å². The average Bonchev–Trinajstić information content (AvgIpc) is 2.77. The van der Waals surface area contributed by atoms with Crippen LogP contribution in [-0.4, -0.2) is 13.7 Å². The van der Waals surface area contributed by atoms with Gasteiger partial charge in [0.15, 0.2) is 0 Å². The minimum Gasteiger partial charge on any atom is -0.497 e. The SMILES string of the molecule is COc1ccc([C@@H]2OCC[C@H]2C#N)cc1. The molecule has 0 aromatic heterocycles. The number of nitrogens with zero attached hydrogens (tertiary/aromatic N) is 1. The van der Waals surface area contributed by atoms with Crippen LogP contribution in [0.4, 0.5) is 0 Å². The number of nitriles is 1. The first-order valence-electron chi connectivity index (χ1n) is 5.00.